The zero-order valence-electron chi connectivity index (χ0n) is 12.7. The highest BCUT2D eigenvalue weighted by Gasteiger charge is 2.24. The van der Waals surface area contributed by atoms with E-state index in [1.807, 2.05) is 11.9 Å². The molecule has 1 aliphatic carbocycles. The molecule has 114 valence electrons. The van der Waals surface area contributed by atoms with Crippen LogP contribution in [0.2, 0.25) is 0 Å². The Hall–Kier alpha value is -1.91. The minimum absolute atomic E-state index is 0.0226. The number of ketones is 1. The molecule has 0 heterocycles. The van der Waals surface area contributed by atoms with Crippen molar-refractivity contribution >= 4 is 17.2 Å². The molecule has 0 atom stereocenters. The van der Waals surface area contributed by atoms with Crippen LogP contribution in [0.15, 0.2) is 18.2 Å². The van der Waals surface area contributed by atoms with Crippen molar-refractivity contribution in [3.05, 3.63) is 33.9 Å². The molecule has 1 aromatic carbocycles. The van der Waals surface area contributed by atoms with E-state index < -0.39 is 4.92 Å². The van der Waals surface area contributed by atoms with E-state index in [9.17, 15) is 14.9 Å². The molecule has 1 saturated carbocycles. The van der Waals surface area contributed by atoms with Gasteiger partial charge in [0.05, 0.1) is 4.92 Å². The van der Waals surface area contributed by atoms with Crippen LogP contribution in [-0.4, -0.2) is 23.8 Å². The van der Waals surface area contributed by atoms with Gasteiger partial charge >= 0.3 is 0 Å². The minimum atomic E-state index is -0.394. The van der Waals surface area contributed by atoms with E-state index in [2.05, 4.69) is 0 Å². The molecule has 0 aliphatic heterocycles. The summed E-state index contributed by atoms with van der Waals surface area (Å²) < 4.78 is 0. The molecule has 2 rings (SSSR count). The second-order valence-corrected chi connectivity index (χ2v) is 5.77. The van der Waals surface area contributed by atoms with Crippen LogP contribution in [0.5, 0.6) is 0 Å². The summed E-state index contributed by atoms with van der Waals surface area (Å²) in [4.78, 5) is 24.4. The molecule has 21 heavy (non-hydrogen) atoms. The van der Waals surface area contributed by atoms with Gasteiger partial charge in [0.15, 0.2) is 5.78 Å². The van der Waals surface area contributed by atoms with Gasteiger partial charge in [0.1, 0.15) is 5.69 Å². The predicted molar refractivity (Wildman–Crippen MR) is 83.0 cm³/mol. The lowest BCUT2D eigenvalue weighted by Crippen LogP contribution is -2.31. The minimum Gasteiger partial charge on any atom is -0.366 e. The molecule has 5 nitrogen and oxygen atoms in total. The van der Waals surface area contributed by atoms with Crippen molar-refractivity contribution in [2.24, 2.45) is 0 Å². The number of Topliss-reactive ketones (excluding diaryl/α,β-unsaturated/α-hetero) is 1. The summed E-state index contributed by atoms with van der Waals surface area (Å²) in [6.07, 6.45) is 6.98. The number of nitro groups is 1. The van der Waals surface area contributed by atoms with Crippen molar-refractivity contribution in [1.29, 1.82) is 0 Å². The Morgan fingerprint density at radius 3 is 2.38 bits per heavy atom. The molecule has 0 unspecified atom stereocenters. The number of benzene rings is 1. The number of nitrogens with zero attached hydrogens (tertiary/aromatic N) is 2. The van der Waals surface area contributed by atoms with Crippen LogP contribution in [0.1, 0.15) is 55.8 Å². The van der Waals surface area contributed by atoms with E-state index >= 15 is 0 Å². The van der Waals surface area contributed by atoms with Gasteiger partial charge in [0, 0.05) is 24.7 Å². The summed E-state index contributed by atoms with van der Waals surface area (Å²) >= 11 is 0. The normalized spacial score (nSPS) is 16.3. The van der Waals surface area contributed by atoms with Crippen LogP contribution in [0.3, 0.4) is 0 Å². The summed E-state index contributed by atoms with van der Waals surface area (Å²) in [7, 11) is 1.92. The first-order chi connectivity index (χ1) is 10.0. The SMILES string of the molecule is CC(=O)c1ccc(N(C)C2CCCCCC2)c([N+](=O)[O-])c1. The third-order valence-electron chi connectivity index (χ3n) is 4.33. The topological polar surface area (TPSA) is 63.5 Å². The van der Waals surface area contributed by atoms with E-state index in [-0.39, 0.29) is 11.5 Å². The number of anilines is 1. The van der Waals surface area contributed by atoms with Crippen LogP contribution < -0.4 is 4.90 Å². The maximum absolute atomic E-state index is 11.4. The molecule has 0 amide bonds. The zero-order chi connectivity index (χ0) is 15.4. The highest BCUT2D eigenvalue weighted by atomic mass is 16.6. The molecule has 0 spiro atoms. The Bertz CT molecular complexity index is 534. The van der Waals surface area contributed by atoms with Crippen molar-refractivity contribution < 1.29 is 9.72 Å². The zero-order valence-corrected chi connectivity index (χ0v) is 12.7. The lowest BCUT2D eigenvalue weighted by atomic mass is 10.0. The maximum atomic E-state index is 11.4. The molecular weight excluding hydrogens is 268 g/mol. The van der Waals surface area contributed by atoms with Gasteiger partial charge in [0.25, 0.3) is 5.69 Å². The fraction of sp³-hybridized carbons (Fsp3) is 0.562. The van der Waals surface area contributed by atoms with Gasteiger partial charge in [-0.1, -0.05) is 25.7 Å². The van der Waals surface area contributed by atoms with E-state index in [4.69, 9.17) is 0 Å². The number of nitro benzene ring substituents is 1. The number of hydrogen-bond donors (Lipinski definition) is 0. The fourth-order valence-electron chi connectivity index (χ4n) is 3.03. The molecular formula is C16H22N2O3. The Labute approximate surface area is 125 Å². The first-order valence-electron chi connectivity index (χ1n) is 7.53. The molecule has 1 aromatic rings. The molecule has 0 N–H and O–H groups in total. The third-order valence-corrected chi connectivity index (χ3v) is 4.33. The van der Waals surface area contributed by atoms with E-state index in [0.29, 0.717) is 17.3 Å². The van der Waals surface area contributed by atoms with Gasteiger partial charge in [-0.2, -0.15) is 0 Å². The Balaban J connectivity index is 2.32. The highest BCUT2D eigenvalue weighted by Crippen LogP contribution is 2.33. The van der Waals surface area contributed by atoms with E-state index in [0.717, 1.165) is 12.8 Å². The third kappa shape index (κ3) is 3.60. The van der Waals surface area contributed by atoms with Gasteiger partial charge in [-0.3, -0.25) is 14.9 Å². The average Bonchev–Trinajstić information content (AvgIpc) is 2.74. The van der Waals surface area contributed by atoms with Gasteiger partial charge in [-0.25, -0.2) is 0 Å². The molecule has 0 bridgehead atoms. The Kier molecular flexibility index (Phi) is 4.94. The second-order valence-electron chi connectivity index (χ2n) is 5.77. The van der Waals surface area contributed by atoms with Gasteiger partial charge in [-0.15, -0.1) is 0 Å². The monoisotopic (exact) mass is 290 g/mol. The maximum Gasteiger partial charge on any atom is 0.293 e. The number of rotatable bonds is 4. The first-order valence-corrected chi connectivity index (χ1v) is 7.53. The smallest absolute Gasteiger partial charge is 0.293 e. The summed E-state index contributed by atoms with van der Waals surface area (Å²) in [5, 5.41) is 11.3. The summed E-state index contributed by atoms with van der Waals surface area (Å²) in [6, 6.07) is 5.12. The van der Waals surface area contributed by atoms with Crippen LogP contribution in [-0.2, 0) is 0 Å². The second kappa shape index (κ2) is 6.70. The summed E-state index contributed by atoms with van der Waals surface area (Å²) in [5.41, 5.74) is 1.02. The van der Waals surface area contributed by atoms with Crippen molar-refractivity contribution in [2.45, 2.75) is 51.5 Å². The molecule has 5 heteroatoms. The average molecular weight is 290 g/mol. The highest BCUT2D eigenvalue weighted by molar-refractivity contribution is 5.95. The Morgan fingerprint density at radius 1 is 1.24 bits per heavy atom. The van der Waals surface area contributed by atoms with Crippen molar-refractivity contribution in [3.63, 3.8) is 0 Å². The van der Waals surface area contributed by atoms with Gasteiger partial charge < -0.3 is 4.90 Å². The predicted octanol–water partition coefficient (Wildman–Crippen LogP) is 3.96. The summed E-state index contributed by atoms with van der Waals surface area (Å²) in [5.74, 6) is -0.151. The van der Waals surface area contributed by atoms with Crippen molar-refractivity contribution in [3.8, 4) is 0 Å². The van der Waals surface area contributed by atoms with E-state index in [1.54, 1.807) is 12.1 Å². The molecule has 0 radical (unpaired) electrons. The van der Waals surface area contributed by atoms with Crippen molar-refractivity contribution in [1.82, 2.24) is 0 Å². The molecule has 0 aromatic heterocycles. The number of carbonyl (C=O) groups excluding carboxylic acids is 1. The fourth-order valence-corrected chi connectivity index (χ4v) is 3.03. The van der Waals surface area contributed by atoms with Crippen LogP contribution in [0, 0.1) is 10.1 Å². The van der Waals surface area contributed by atoms with Crippen LogP contribution in [0.4, 0.5) is 11.4 Å². The van der Waals surface area contributed by atoms with E-state index in [1.165, 1.54) is 38.7 Å². The molecule has 1 aliphatic rings. The lowest BCUT2D eigenvalue weighted by Gasteiger charge is -2.29. The first kappa shape index (κ1) is 15.5. The number of carbonyl (C=O) groups is 1. The lowest BCUT2D eigenvalue weighted by molar-refractivity contribution is -0.384. The molecule has 0 saturated heterocycles. The summed E-state index contributed by atoms with van der Waals surface area (Å²) in [6.45, 7) is 1.42. The largest absolute Gasteiger partial charge is 0.366 e. The van der Waals surface area contributed by atoms with Gasteiger partial charge in [-0.05, 0) is 31.9 Å². The van der Waals surface area contributed by atoms with Gasteiger partial charge in [0.2, 0.25) is 0 Å². The standard InChI is InChI=1S/C16H22N2O3/c1-12(19)13-9-10-15(16(11-13)18(20)21)17(2)14-7-5-3-4-6-8-14/h9-11,14H,3-8H2,1-2H3. The quantitative estimate of drug-likeness (QED) is 0.364. The Morgan fingerprint density at radius 2 is 1.86 bits per heavy atom. The number of hydrogen-bond acceptors (Lipinski definition) is 4. The van der Waals surface area contributed by atoms with Crippen LogP contribution >= 0.6 is 0 Å². The van der Waals surface area contributed by atoms with Crippen LogP contribution in [0.25, 0.3) is 0 Å². The van der Waals surface area contributed by atoms with Crippen molar-refractivity contribution in [2.75, 3.05) is 11.9 Å². The molecule has 1 fully saturated rings.